The van der Waals surface area contributed by atoms with Crippen LogP contribution in [-0.4, -0.2) is 31.2 Å². The molecule has 0 saturated heterocycles. The quantitative estimate of drug-likeness (QED) is 0.808. The highest BCUT2D eigenvalue weighted by Crippen LogP contribution is 2.24. The minimum atomic E-state index is -0.314. The van der Waals surface area contributed by atoms with Gasteiger partial charge in [0.05, 0.1) is 12.7 Å². The minimum absolute atomic E-state index is 0.0553. The van der Waals surface area contributed by atoms with Gasteiger partial charge in [0.2, 0.25) is 0 Å². The van der Waals surface area contributed by atoms with Gasteiger partial charge >= 0.3 is 0 Å². The van der Waals surface area contributed by atoms with Crippen molar-refractivity contribution in [3.63, 3.8) is 0 Å². The summed E-state index contributed by atoms with van der Waals surface area (Å²) in [5.41, 5.74) is 2.75. The zero-order chi connectivity index (χ0) is 16.2. The van der Waals surface area contributed by atoms with Crippen molar-refractivity contribution in [2.24, 2.45) is 0 Å². The molecule has 0 aliphatic carbocycles. The Morgan fingerprint density at radius 3 is 3.00 bits per heavy atom. The Hall–Kier alpha value is -2.53. The summed E-state index contributed by atoms with van der Waals surface area (Å²) >= 11 is 0. The third-order valence-electron chi connectivity index (χ3n) is 4.13. The first-order chi connectivity index (χ1) is 11.2. The first-order valence-electron chi connectivity index (χ1n) is 7.65. The van der Waals surface area contributed by atoms with Gasteiger partial charge in [-0.05, 0) is 42.3 Å². The summed E-state index contributed by atoms with van der Waals surface area (Å²) < 4.78 is 5.10. The van der Waals surface area contributed by atoms with Crippen LogP contribution >= 0.6 is 0 Å². The minimum Gasteiger partial charge on any atom is -0.507 e. The molecule has 3 rings (SSSR count). The second-order valence-electron chi connectivity index (χ2n) is 5.55. The molecule has 3 N–H and O–H groups in total. The lowest BCUT2D eigenvalue weighted by Crippen LogP contribution is -2.38. The molecule has 0 radical (unpaired) electrons. The molecule has 23 heavy (non-hydrogen) atoms. The molecule has 1 heterocycles. The normalized spacial score (nSPS) is 16.5. The van der Waals surface area contributed by atoms with Gasteiger partial charge in [-0.3, -0.25) is 4.79 Å². The van der Waals surface area contributed by atoms with Crippen LogP contribution < -0.4 is 15.4 Å². The largest absolute Gasteiger partial charge is 0.507 e. The molecule has 1 aliphatic heterocycles. The van der Waals surface area contributed by atoms with Crippen LogP contribution in [0.3, 0.4) is 0 Å². The van der Waals surface area contributed by atoms with E-state index >= 15 is 0 Å². The number of carbonyl (C=O) groups is 1. The molecular weight excluding hydrogens is 292 g/mol. The number of aromatic hydroxyl groups is 1. The highest BCUT2D eigenvalue weighted by atomic mass is 16.5. The molecule has 1 amide bonds. The van der Waals surface area contributed by atoms with E-state index in [1.165, 1.54) is 30.4 Å². The number of nitrogens with one attached hydrogen (secondary N) is 2. The van der Waals surface area contributed by atoms with Crippen molar-refractivity contribution in [2.45, 2.75) is 12.5 Å². The molecule has 120 valence electrons. The van der Waals surface area contributed by atoms with Crippen LogP contribution in [0.5, 0.6) is 11.5 Å². The molecule has 5 nitrogen and oxygen atoms in total. The summed E-state index contributed by atoms with van der Waals surface area (Å²) in [6.45, 7) is 1.36. The molecule has 2 aromatic carbocycles. The number of methoxy groups -OCH3 is 1. The van der Waals surface area contributed by atoms with Crippen molar-refractivity contribution in [3.05, 3.63) is 59.2 Å². The number of carbonyl (C=O) groups excluding carboxylic acids is 1. The number of ether oxygens (including phenoxy) is 1. The molecular formula is C18H20N2O3. The van der Waals surface area contributed by atoms with Crippen molar-refractivity contribution in [2.75, 3.05) is 20.2 Å². The molecule has 0 saturated carbocycles. The van der Waals surface area contributed by atoms with Gasteiger partial charge in [-0.1, -0.05) is 24.3 Å². The van der Waals surface area contributed by atoms with E-state index in [0.717, 1.165) is 13.0 Å². The van der Waals surface area contributed by atoms with Gasteiger partial charge < -0.3 is 20.5 Å². The molecule has 1 atom stereocenters. The van der Waals surface area contributed by atoms with Crippen LogP contribution in [0.4, 0.5) is 0 Å². The average molecular weight is 312 g/mol. The van der Waals surface area contributed by atoms with Gasteiger partial charge in [-0.25, -0.2) is 0 Å². The smallest absolute Gasteiger partial charge is 0.255 e. The first-order valence-corrected chi connectivity index (χ1v) is 7.65. The molecule has 0 bridgehead atoms. The summed E-state index contributed by atoms with van der Waals surface area (Å²) in [6.07, 6.45) is 0.997. The van der Waals surface area contributed by atoms with Gasteiger partial charge in [-0.15, -0.1) is 0 Å². The maximum Gasteiger partial charge on any atom is 0.255 e. The van der Waals surface area contributed by atoms with E-state index in [4.69, 9.17) is 4.74 Å². The van der Waals surface area contributed by atoms with Crippen molar-refractivity contribution >= 4 is 5.91 Å². The lowest BCUT2D eigenvalue weighted by Gasteiger charge is -2.27. The molecule has 1 aliphatic rings. The summed E-state index contributed by atoms with van der Waals surface area (Å²) in [5.74, 6) is 0.167. The Morgan fingerprint density at radius 1 is 1.35 bits per heavy atom. The van der Waals surface area contributed by atoms with Crippen LogP contribution in [0, 0.1) is 0 Å². The summed E-state index contributed by atoms with van der Waals surface area (Å²) in [6, 6.07) is 12.9. The monoisotopic (exact) mass is 312 g/mol. The number of amides is 1. The van der Waals surface area contributed by atoms with Gasteiger partial charge in [0, 0.05) is 12.6 Å². The van der Waals surface area contributed by atoms with E-state index in [9.17, 15) is 9.90 Å². The Bertz CT molecular complexity index is 715. The summed E-state index contributed by atoms with van der Waals surface area (Å²) in [7, 11) is 1.52. The number of phenolic OH excluding ortho intramolecular Hbond substituents is 1. The van der Waals surface area contributed by atoms with E-state index < -0.39 is 0 Å². The Balaban J connectivity index is 1.71. The van der Waals surface area contributed by atoms with E-state index in [1.54, 1.807) is 6.07 Å². The van der Waals surface area contributed by atoms with E-state index in [-0.39, 0.29) is 23.3 Å². The SMILES string of the molecule is COc1ccc(O)c(C(=O)NCC2NCCc3ccccc32)c1. The predicted octanol–water partition coefficient (Wildman–Crippen LogP) is 2.02. The van der Waals surface area contributed by atoms with Gasteiger partial charge in [0.15, 0.2) is 0 Å². The van der Waals surface area contributed by atoms with Gasteiger partial charge in [0.25, 0.3) is 5.91 Å². The van der Waals surface area contributed by atoms with Crippen LogP contribution in [-0.2, 0) is 6.42 Å². The third kappa shape index (κ3) is 3.29. The zero-order valence-electron chi connectivity index (χ0n) is 13.0. The second-order valence-corrected chi connectivity index (χ2v) is 5.55. The maximum atomic E-state index is 12.3. The predicted molar refractivity (Wildman–Crippen MR) is 87.9 cm³/mol. The van der Waals surface area contributed by atoms with E-state index in [2.05, 4.69) is 22.8 Å². The third-order valence-corrected chi connectivity index (χ3v) is 4.13. The van der Waals surface area contributed by atoms with Crippen LogP contribution in [0.15, 0.2) is 42.5 Å². The molecule has 0 fully saturated rings. The van der Waals surface area contributed by atoms with Crippen molar-refractivity contribution in [1.82, 2.24) is 10.6 Å². The lowest BCUT2D eigenvalue weighted by molar-refractivity contribution is 0.0946. The van der Waals surface area contributed by atoms with Crippen LogP contribution in [0.25, 0.3) is 0 Å². The number of hydrogen-bond donors (Lipinski definition) is 3. The lowest BCUT2D eigenvalue weighted by atomic mass is 9.94. The van der Waals surface area contributed by atoms with Crippen molar-refractivity contribution < 1.29 is 14.6 Å². The van der Waals surface area contributed by atoms with Crippen molar-refractivity contribution in [3.8, 4) is 11.5 Å². The zero-order valence-corrected chi connectivity index (χ0v) is 13.0. The van der Waals surface area contributed by atoms with Gasteiger partial charge in [0.1, 0.15) is 11.5 Å². The highest BCUT2D eigenvalue weighted by Gasteiger charge is 2.20. The van der Waals surface area contributed by atoms with Gasteiger partial charge in [-0.2, -0.15) is 0 Å². The fourth-order valence-electron chi connectivity index (χ4n) is 2.89. The molecule has 0 aromatic heterocycles. The fraction of sp³-hybridized carbons (Fsp3) is 0.278. The summed E-state index contributed by atoms with van der Waals surface area (Å²) in [5, 5.41) is 16.2. The molecule has 2 aromatic rings. The van der Waals surface area contributed by atoms with Crippen LogP contribution in [0.2, 0.25) is 0 Å². The number of benzene rings is 2. The Morgan fingerprint density at radius 2 is 2.17 bits per heavy atom. The number of rotatable bonds is 4. The Kier molecular flexibility index (Phi) is 4.48. The molecule has 5 heteroatoms. The van der Waals surface area contributed by atoms with E-state index in [0.29, 0.717) is 12.3 Å². The van der Waals surface area contributed by atoms with Crippen LogP contribution in [0.1, 0.15) is 27.5 Å². The Labute approximate surface area is 135 Å². The topological polar surface area (TPSA) is 70.6 Å². The molecule has 0 spiro atoms. The maximum absolute atomic E-state index is 12.3. The molecule has 1 unspecified atom stereocenters. The van der Waals surface area contributed by atoms with Crippen molar-refractivity contribution in [1.29, 1.82) is 0 Å². The highest BCUT2D eigenvalue weighted by molar-refractivity contribution is 5.97. The average Bonchev–Trinajstić information content (AvgIpc) is 2.60. The number of phenols is 1. The van der Waals surface area contributed by atoms with E-state index in [1.807, 2.05) is 12.1 Å². The standard InChI is InChI=1S/C18H20N2O3/c1-23-13-6-7-17(21)15(10-13)18(22)20-11-16-14-5-3-2-4-12(14)8-9-19-16/h2-7,10,16,19,21H,8-9,11H2,1H3,(H,20,22). The number of hydrogen-bond acceptors (Lipinski definition) is 4. The second kappa shape index (κ2) is 6.71. The number of fused-ring (bicyclic) bond motifs is 1. The summed E-state index contributed by atoms with van der Waals surface area (Å²) in [4.78, 5) is 12.3. The fourth-order valence-corrected chi connectivity index (χ4v) is 2.89. The first kappa shape index (κ1) is 15.4.